The second-order valence-electron chi connectivity index (χ2n) is 9.39. The molecule has 0 aliphatic heterocycles. The standard InChI is InChI=1S/C20H22F2N2O9S/c21-20(22,34(29,30)31)16(25)33-19-8-12-5-13(9-19)7-18(6-12,11-19)23-17(26)32-10-14-3-1-2-4-15(14)24(27)28/h1-4,12-13H,5-11H2,(H,23,26)(H,29,30,31). The molecule has 1 aromatic rings. The highest BCUT2D eigenvalue weighted by Crippen LogP contribution is 2.59. The number of hydrogen-bond donors (Lipinski definition) is 2. The molecule has 5 rings (SSSR count). The molecule has 0 aromatic heterocycles. The van der Waals surface area contributed by atoms with Gasteiger partial charge in [0.15, 0.2) is 0 Å². The maximum absolute atomic E-state index is 13.8. The lowest BCUT2D eigenvalue weighted by molar-refractivity contribution is -0.385. The Morgan fingerprint density at radius 2 is 1.82 bits per heavy atom. The number of amides is 1. The number of benzene rings is 1. The quantitative estimate of drug-likeness (QED) is 0.246. The Bertz CT molecular complexity index is 1130. The maximum atomic E-state index is 13.8. The van der Waals surface area contributed by atoms with Crippen molar-refractivity contribution in [1.29, 1.82) is 0 Å². The molecule has 4 fully saturated rings. The number of nitro benzene ring substituents is 1. The largest absolute Gasteiger partial charge is 0.465 e. The van der Waals surface area contributed by atoms with Crippen LogP contribution in [0.2, 0.25) is 0 Å². The Morgan fingerprint density at radius 1 is 1.21 bits per heavy atom. The first kappa shape index (κ1) is 24.3. The highest BCUT2D eigenvalue weighted by molar-refractivity contribution is 7.87. The number of rotatable bonds is 7. The minimum Gasteiger partial charge on any atom is -0.454 e. The number of nitrogens with zero attached hydrogens (tertiary/aromatic N) is 1. The lowest BCUT2D eigenvalue weighted by Crippen LogP contribution is -2.67. The van der Waals surface area contributed by atoms with Gasteiger partial charge < -0.3 is 14.8 Å². The number of halogens is 2. The van der Waals surface area contributed by atoms with Gasteiger partial charge in [0.05, 0.1) is 10.5 Å². The zero-order chi connectivity index (χ0) is 24.9. The lowest BCUT2D eigenvalue weighted by atomic mass is 9.51. The number of nitro groups is 1. The monoisotopic (exact) mass is 504 g/mol. The molecule has 11 nitrogen and oxygen atoms in total. The van der Waals surface area contributed by atoms with Crippen molar-refractivity contribution in [3.8, 4) is 0 Å². The summed E-state index contributed by atoms with van der Waals surface area (Å²) in [6, 6.07) is 5.75. The molecule has 14 heteroatoms. The third-order valence-electron chi connectivity index (χ3n) is 6.79. The molecule has 0 radical (unpaired) electrons. The molecular weight excluding hydrogens is 482 g/mol. The molecule has 4 bridgehead atoms. The number of para-hydroxylation sites is 1. The van der Waals surface area contributed by atoms with Crippen LogP contribution in [0.3, 0.4) is 0 Å². The van der Waals surface area contributed by atoms with E-state index in [1.54, 1.807) is 6.07 Å². The van der Waals surface area contributed by atoms with Crippen LogP contribution in [-0.2, 0) is 31.0 Å². The third kappa shape index (κ3) is 4.43. The topological polar surface area (TPSA) is 162 Å². The number of alkyl carbamates (subject to hydrolysis) is 1. The number of carbonyl (C=O) groups excluding carboxylic acids is 2. The van der Waals surface area contributed by atoms with Crippen LogP contribution < -0.4 is 5.32 Å². The molecule has 0 heterocycles. The van der Waals surface area contributed by atoms with Gasteiger partial charge in [0, 0.05) is 18.0 Å². The van der Waals surface area contributed by atoms with E-state index in [-0.39, 0.29) is 49.0 Å². The molecule has 2 unspecified atom stereocenters. The molecule has 1 amide bonds. The van der Waals surface area contributed by atoms with Crippen LogP contribution in [0, 0.1) is 22.0 Å². The number of carbonyl (C=O) groups is 2. The number of nitrogens with one attached hydrogen (secondary N) is 1. The molecule has 4 aliphatic rings. The predicted octanol–water partition coefficient (Wildman–Crippen LogP) is 2.94. The fourth-order valence-corrected chi connectivity index (χ4v) is 6.26. The Morgan fingerprint density at radius 3 is 2.41 bits per heavy atom. The van der Waals surface area contributed by atoms with Crippen LogP contribution in [-0.4, -0.2) is 46.4 Å². The molecule has 0 spiro atoms. The fourth-order valence-electron chi connectivity index (χ4n) is 6.01. The van der Waals surface area contributed by atoms with Crippen LogP contribution in [0.5, 0.6) is 0 Å². The van der Waals surface area contributed by atoms with E-state index in [1.165, 1.54) is 18.2 Å². The first-order valence-corrected chi connectivity index (χ1v) is 11.9. The number of ether oxygens (including phenoxy) is 2. The zero-order valence-corrected chi connectivity index (χ0v) is 18.6. The van der Waals surface area contributed by atoms with Crippen LogP contribution in [0.1, 0.15) is 44.1 Å². The Hall–Kier alpha value is -2.87. The normalized spacial score (nSPS) is 30.0. The van der Waals surface area contributed by atoms with E-state index in [1.807, 2.05) is 0 Å². The SMILES string of the molecule is O=C(NC12CC3CC(C1)CC(OC(=O)C(F)(F)S(=O)(=O)O)(C3)C2)OCc1ccccc1[N+](=O)[O-]. The summed E-state index contributed by atoms with van der Waals surface area (Å²) < 4.78 is 68.4. The molecule has 4 saturated carbocycles. The van der Waals surface area contributed by atoms with E-state index in [4.69, 9.17) is 14.0 Å². The van der Waals surface area contributed by atoms with Crippen LogP contribution in [0.15, 0.2) is 24.3 Å². The molecule has 34 heavy (non-hydrogen) atoms. The number of alkyl halides is 2. The molecule has 2 atom stereocenters. The summed E-state index contributed by atoms with van der Waals surface area (Å²) in [6.07, 6.45) is 1.27. The summed E-state index contributed by atoms with van der Waals surface area (Å²) in [6.45, 7) is -0.368. The average Bonchev–Trinajstić information content (AvgIpc) is 2.69. The van der Waals surface area contributed by atoms with Crippen molar-refractivity contribution in [2.45, 2.75) is 61.5 Å². The van der Waals surface area contributed by atoms with E-state index in [9.17, 15) is 36.9 Å². The van der Waals surface area contributed by atoms with Crippen molar-refractivity contribution >= 4 is 27.9 Å². The fraction of sp³-hybridized carbons (Fsp3) is 0.600. The Kier molecular flexibility index (Phi) is 5.79. The highest BCUT2D eigenvalue weighted by Gasteiger charge is 2.63. The summed E-state index contributed by atoms with van der Waals surface area (Å²) in [5.41, 5.74) is -2.38. The van der Waals surface area contributed by atoms with Gasteiger partial charge in [-0.2, -0.15) is 17.2 Å². The molecular formula is C20H22F2N2O9S. The summed E-state index contributed by atoms with van der Waals surface area (Å²) in [7, 11) is -6.01. The van der Waals surface area contributed by atoms with Crippen molar-refractivity contribution in [3.05, 3.63) is 39.9 Å². The Balaban J connectivity index is 1.47. The van der Waals surface area contributed by atoms with E-state index < -0.39 is 43.5 Å². The van der Waals surface area contributed by atoms with E-state index in [0.717, 1.165) is 6.42 Å². The molecule has 2 N–H and O–H groups in total. The second kappa shape index (κ2) is 8.12. The third-order valence-corrected chi connectivity index (χ3v) is 7.61. The van der Waals surface area contributed by atoms with Gasteiger partial charge in [-0.3, -0.25) is 14.7 Å². The Labute approximate surface area is 192 Å². The lowest BCUT2D eigenvalue weighted by Gasteiger charge is -2.60. The van der Waals surface area contributed by atoms with Gasteiger partial charge in [-0.1, -0.05) is 12.1 Å². The minimum absolute atomic E-state index is 0.0269. The van der Waals surface area contributed by atoms with Gasteiger partial charge in [-0.25, -0.2) is 9.59 Å². The number of esters is 1. The molecule has 0 saturated heterocycles. The molecule has 4 aliphatic carbocycles. The zero-order valence-electron chi connectivity index (χ0n) is 17.7. The highest BCUT2D eigenvalue weighted by atomic mass is 32.2. The van der Waals surface area contributed by atoms with Crippen LogP contribution in [0.4, 0.5) is 19.3 Å². The maximum Gasteiger partial charge on any atom is 0.465 e. The minimum atomic E-state index is -6.01. The van der Waals surface area contributed by atoms with E-state index >= 15 is 0 Å². The molecule has 186 valence electrons. The predicted molar refractivity (Wildman–Crippen MR) is 109 cm³/mol. The summed E-state index contributed by atoms with van der Waals surface area (Å²) >= 11 is 0. The van der Waals surface area contributed by atoms with Gasteiger partial charge in [-0.05, 0) is 50.0 Å². The summed E-state index contributed by atoms with van der Waals surface area (Å²) in [5.74, 6) is -2.49. The van der Waals surface area contributed by atoms with Gasteiger partial charge in [0.1, 0.15) is 12.2 Å². The van der Waals surface area contributed by atoms with Gasteiger partial charge in [-0.15, -0.1) is 0 Å². The van der Waals surface area contributed by atoms with E-state index in [0.29, 0.717) is 12.8 Å². The first-order valence-electron chi connectivity index (χ1n) is 10.5. The van der Waals surface area contributed by atoms with Crippen molar-refractivity contribution in [3.63, 3.8) is 0 Å². The van der Waals surface area contributed by atoms with Crippen molar-refractivity contribution in [2.75, 3.05) is 0 Å². The van der Waals surface area contributed by atoms with Gasteiger partial charge >= 0.3 is 27.4 Å². The van der Waals surface area contributed by atoms with Crippen molar-refractivity contribution in [2.24, 2.45) is 11.8 Å². The smallest absolute Gasteiger partial charge is 0.454 e. The first-order chi connectivity index (χ1) is 15.7. The van der Waals surface area contributed by atoms with Crippen LogP contribution >= 0.6 is 0 Å². The van der Waals surface area contributed by atoms with Crippen molar-refractivity contribution < 1.29 is 45.7 Å². The molecule has 1 aromatic carbocycles. The van der Waals surface area contributed by atoms with Gasteiger partial charge in [0.25, 0.3) is 5.69 Å². The average molecular weight is 504 g/mol. The second-order valence-corrected chi connectivity index (χ2v) is 10.9. The van der Waals surface area contributed by atoms with Crippen molar-refractivity contribution in [1.82, 2.24) is 5.32 Å². The summed E-state index contributed by atoms with van der Waals surface area (Å²) in [4.78, 5) is 35.1. The van der Waals surface area contributed by atoms with Crippen LogP contribution in [0.25, 0.3) is 0 Å². The van der Waals surface area contributed by atoms with E-state index in [2.05, 4.69) is 5.32 Å². The van der Waals surface area contributed by atoms with Gasteiger partial charge in [0.2, 0.25) is 0 Å². The summed E-state index contributed by atoms with van der Waals surface area (Å²) in [5, 5.41) is 8.74. The number of hydrogen-bond acceptors (Lipinski definition) is 8.